The lowest BCUT2D eigenvalue weighted by Crippen LogP contribution is -2.46. The van der Waals surface area contributed by atoms with E-state index in [0.717, 1.165) is 62.7 Å². The Morgan fingerprint density at radius 1 is 1.06 bits per heavy atom. The minimum Gasteiger partial charge on any atom is -0.494 e. The van der Waals surface area contributed by atoms with Gasteiger partial charge in [-0.2, -0.15) is 4.37 Å². The molecule has 1 fully saturated rings. The standard InChI is InChI=1S/C26H33N3O3S/c1-3-23(30)25(31-2)20-10-12-21(13-11-20)32-19-7-6-14-28-15-17-29(18-16-28)26-22-8-4-5-9-24(22)33-27-26/h4-5,8-13,25H,3,6-7,14-19H2,1-2H3. The van der Waals surface area contributed by atoms with Gasteiger partial charge in [-0.15, -0.1) is 0 Å². The SMILES string of the molecule is CCC(=O)C(OC)c1ccc(OCCCCN2CCN(c3nsc4ccccc34)CC2)cc1. The van der Waals surface area contributed by atoms with E-state index in [9.17, 15) is 4.79 Å². The molecular weight excluding hydrogens is 434 g/mol. The second kappa shape index (κ2) is 11.6. The van der Waals surface area contributed by atoms with Crippen molar-refractivity contribution >= 4 is 33.2 Å². The smallest absolute Gasteiger partial charge is 0.165 e. The number of rotatable bonds is 11. The van der Waals surface area contributed by atoms with E-state index in [-0.39, 0.29) is 5.78 Å². The number of unbranched alkanes of at least 4 members (excludes halogenated alkanes) is 1. The largest absolute Gasteiger partial charge is 0.494 e. The van der Waals surface area contributed by atoms with E-state index in [1.165, 1.54) is 10.1 Å². The van der Waals surface area contributed by atoms with E-state index in [2.05, 4.69) is 34.1 Å². The molecule has 33 heavy (non-hydrogen) atoms. The molecule has 6 nitrogen and oxygen atoms in total. The number of ether oxygens (including phenoxy) is 2. The predicted molar refractivity (Wildman–Crippen MR) is 134 cm³/mol. The van der Waals surface area contributed by atoms with E-state index in [1.807, 2.05) is 31.2 Å². The summed E-state index contributed by atoms with van der Waals surface area (Å²) in [5.74, 6) is 2.07. The fraction of sp³-hybridized carbons (Fsp3) is 0.462. The van der Waals surface area contributed by atoms with E-state index in [1.54, 1.807) is 18.6 Å². The van der Waals surface area contributed by atoms with E-state index in [0.29, 0.717) is 13.0 Å². The van der Waals surface area contributed by atoms with Crippen LogP contribution in [-0.2, 0) is 9.53 Å². The number of methoxy groups -OCH3 is 1. The third-order valence-electron chi connectivity index (χ3n) is 6.23. The van der Waals surface area contributed by atoms with Crippen LogP contribution >= 0.6 is 11.5 Å². The van der Waals surface area contributed by atoms with Gasteiger partial charge in [0.15, 0.2) is 5.78 Å². The van der Waals surface area contributed by atoms with Gasteiger partial charge in [-0.3, -0.25) is 9.69 Å². The molecule has 0 spiro atoms. The second-order valence-corrected chi connectivity index (χ2v) is 9.20. The van der Waals surface area contributed by atoms with Crippen LogP contribution in [0.1, 0.15) is 37.9 Å². The molecule has 0 amide bonds. The molecular formula is C26H33N3O3S. The lowest BCUT2D eigenvalue weighted by molar-refractivity contribution is -0.128. The van der Waals surface area contributed by atoms with Gasteiger partial charge in [0.1, 0.15) is 17.7 Å². The van der Waals surface area contributed by atoms with Gasteiger partial charge < -0.3 is 14.4 Å². The summed E-state index contributed by atoms with van der Waals surface area (Å²) in [7, 11) is 1.57. The van der Waals surface area contributed by atoms with Gasteiger partial charge in [0.2, 0.25) is 0 Å². The monoisotopic (exact) mass is 467 g/mol. The predicted octanol–water partition coefficient (Wildman–Crippen LogP) is 4.94. The Morgan fingerprint density at radius 2 is 1.82 bits per heavy atom. The van der Waals surface area contributed by atoms with Crippen LogP contribution in [-0.4, -0.2) is 61.5 Å². The molecule has 1 atom stereocenters. The maximum Gasteiger partial charge on any atom is 0.165 e. The fourth-order valence-corrected chi connectivity index (χ4v) is 5.08. The molecule has 3 aromatic rings. The van der Waals surface area contributed by atoms with Crippen molar-refractivity contribution in [3.05, 3.63) is 54.1 Å². The number of hydrogen-bond acceptors (Lipinski definition) is 7. The topological polar surface area (TPSA) is 54.9 Å². The summed E-state index contributed by atoms with van der Waals surface area (Å²) in [5, 5.41) is 1.27. The summed E-state index contributed by atoms with van der Waals surface area (Å²) in [6.45, 7) is 7.86. The number of carbonyl (C=O) groups is 1. The summed E-state index contributed by atoms with van der Waals surface area (Å²) in [6.07, 6.45) is 2.12. The Hall–Kier alpha value is -2.48. The highest BCUT2D eigenvalue weighted by atomic mass is 32.1. The molecule has 2 aromatic carbocycles. The lowest BCUT2D eigenvalue weighted by atomic mass is 10.0. The van der Waals surface area contributed by atoms with Gasteiger partial charge in [-0.1, -0.05) is 31.2 Å². The fourth-order valence-electron chi connectivity index (χ4n) is 4.29. The molecule has 2 heterocycles. The molecule has 4 rings (SSSR count). The molecule has 7 heteroatoms. The normalized spacial score (nSPS) is 15.6. The van der Waals surface area contributed by atoms with Crippen molar-refractivity contribution < 1.29 is 14.3 Å². The zero-order valence-electron chi connectivity index (χ0n) is 19.5. The van der Waals surface area contributed by atoms with Crippen molar-refractivity contribution in [2.24, 2.45) is 0 Å². The summed E-state index contributed by atoms with van der Waals surface area (Å²) in [5.41, 5.74) is 0.876. The number of ketones is 1. The minimum atomic E-state index is -0.487. The van der Waals surface area contributed by atoms with Crippen molar-refractivity contribution in [1.29, 1.82) is 0 Å². The molecule has 1 saturated heterocycles. The van der Waals surface area contributed by atoms with Gasteiger partial charge in [0, 0.05) is 45.1 Å². The molecule has 0 aliphatic carbocycles. The van der Waals surface area contributed by atoms with Crippen LogP contribution in [0.25, 0.3) is 10.1 Å². The van der Waals surface area contributed by atoms with Crippen molar-refractivity contribution in [3.63, 3.8) is 0 Å². The number of benzene rings is 2. The molecule has 176 valence electrons. The summed E-state index contributed by atoms with van der Waals surface area (Å²) in [6, 6.07) is 16.2. The number of Topliss-reactive ketones (excluding diaryl/α,β-unsaturated/α-hetero) is 1. The number of anilines is 1. The van der Waals surface area contributed by atoms with Crippen LogP contribution in [0.3, 0.4) is 0 Å². The average molecular weight is 468 g/mol. The number of carbonyl (C=O) groups excluding carboxylic acids is 1. The van der Waals surface area contributed by atoms with Gasteiger partial charge >= 0.3 is 0 Å². The summed E-state index contributed by atoms with van der Waals surface area (Å²) in [4.78, 5) is 16.9. The Labute approximate surface area is 200 Å². The van der Waals surface area contributed by atoms with E-state index >= 15 is 0 Å². The van der Waals surface area contributed by atoms with Crippen molar-refractivity contribution in [3.8, 4) is 5.75 Å². The Balaban J connectivity index is 1.15. The molecule has 0 saturated carbocycles. The molecule has 0 N–H and O–H groups in total. The van der Waals surface area contributed by atoms with Crippen LogP contribution in [0.2, 0.25) is 0 Å². The molecule has 0 radical (unpaired) electrons. The average Bonchev–Trinajstić information content (AvgIpc) is 3.29. The van der Waals surface area contributed by atoms with Crippen molar-refractivity contribution in [2.75, 3.05) is 51.3 Å². The maximum atomic E-state index is 12.0. The number of aromatic nitrogens is 1. The molecule has 1 aliphatic rings. The van der Waals surface area contributed by atoms with Crippen LogP contribution in [0, 0.1) is 0 Å². The van der Waals surface area contributed by atoms with E-state index < -0.39 is 6.10 Å². The first-order chi connectivity index (χ1) is 16.2. The summed E-state index contributed by atoms with van der Waals surface area (Å²) < 4.78 is 17.2. The van der Waals surface area contributed by atoms with E-state index in [4.69, 9.17) is 13.8 Å². The summed E-state index contributed by atoms with van der Waals surface area (Å²) >= 11 is 1.59. The number of piperazine rings is 1. The van der Waals surface area contributed by atoms with Gasteiger partial charge in [0.05, 0.1) is 11.3 Å². The van der Waals surface area contributed by atoms with Crippen molar-refractivity contribution in [1.82, 2.24) is 9.27 Å². The lowest BCUT2D eigenvalue weighted by Gasteiger charge is -2.35. The van der Waals surface area contributed by atoms with Gasteiger partial charge in [-0.25, -0.2) is 0 Å². The van der Waals surface area contributed by atoms with Crippen LogP contribution in [0.15, 0.2) is 48.5 Å². The second-order valence-electron chi connectivity index (χ2n) is 8.39. The maximum absolute atomic E-state index is 12.0. The van der Waals surface area contributed by atoms with Crippen molar-refractivity contribution in [2.45, 2.75) is 32.3 Å². The van der Waals surface area contributed by atoms with Crippen LogP contribution < -0.4 is 9.64 Å². The highest BCUT2D eigenvalue weighted by Crippen LogP contribution is 2.29. The molecule has 0 bridgehead atoms. The first-order valence-corrected chi connectivity index (χ1v) is 12.6. The molecule has 1 unspecified atom stereocenters. The highest BCUT2D eigenvalue weighted by Gasteiger charge is 2.20. The first kappa shape index (κ1) is 23.7. The molecule has 1 aliphatic heterocycles. The number of nitrogens with zero attached hydrogens (tertiary/aromatic N) is 3. The number of fused-ring (bicyclic) bond motifs is 1. The third-order valence-corrected chi connectivity index (χ3v) is 7.04. The minimum absolute atomic E-state index is 0.0898. The number of hydrogen-bond donors (Lipinski definition) is 0. The zero-order valence-corrected chi connectivity index (χ0v) is 20.4. The van der Waals surface area contributed by atoms with Crippen LogP contribution in [0.4, 0.5) is 5.82 Å². The van der Waals surface area contributed by atoms with Gasteiger partial charge in [0.25, 0.3) is 0 Å². The highest BCUT2D eigenvalue weighted by molar-refractivity contribution is 7.13. The Morgan fingerprint density at radius 3 is 2.55 bits per heavy atom. The molecule has 1 aromatic heterocycles. The quantitative estimate of drug-likeness (QED) is 0.372. The van der Waals surface area contributed by atoms with Crippen LogP contribution in [0.5, 0.6) is 5.75 Å². The first-order valence-electron chi connectivity index (χ1n) is 11.8. The Kier molecular flexibility index (Phi) is 8.31. The third kappa shape index (κ3) is 5.91. The van der Waals surface area contributed by atoms with Gasteiger partial charge in [-0.05, 0) is 60.7 Å². The Bertz CT molecular complexity index is 1030. The zero-order chi connectivity index (χ0) is 23.0.